The van der Waals surface area contributed by atoms with E-state index in [1.165, 1.54) is 24.3 Å². The zero-order valence-corrected chi connectivity index (χ0v) is 13.2. The summed E-state index contributed by atoms with van der Waals surface area (Å²) in [5.74, 6) is -1.80. The summed E-state index contributed by atoms with van der Waals surface area (Å²) < 4.78 is 44.7. The number of halogens is 3. The van der Waals surface area contributed by atoms with Crippen molar-refractivity contribution < 1.29 is 37.3 Å². The zero-order chi connectivity index (χ0) is 19.2. The van der Waals surface area contributed by atoms with Crippen LogP contribution in [0.2, 0.25) is 0 Å². The van der Waals surface area contributed by atoms with E-state index in [1.54, 1.807) is 12.1 Å². The fourth-order valence-electron chi connectivity index (χ4n) is 1.90. The molecule has 1 amide bonds. The van der Waals surface area contributed by atoms with E-state index in [1.807, 2.05) is 0 Å². The number of ether oxygens (including phenoxy) is 2. The van der Waals surface area contributed by atoms with Gasteiger partial charge in [0.25, 0.3) is 5.91 Å². The van der Waals surface area contributed by atoms with Crippen LogP contribution in [-0.4, -0.2) is 30.0 Å². The Kier molecular flexibility index (Phi) is 6.18. The van der Waals surface area contributed by atoms with Crippen molar-refractivity contribution in [2.24, 2.45) is 0 Å². The van der Waals surface area contributed by atoms with Gasteiger partial charge in [0, 0.05) is 5.69 Å². The SMILES string of the molecule is O=C(COC(=O)c1ccc(CO)cc1)Nc1ccc(OC(F)(F)F)cc1. The molecule has 0 saturated heterocycles. The molecule has 26 heavy (non-hydrogen) atoms. The predicted molar refractivity (Wildman–Crippen MR) is 84.4 cm³/mol. The van der Waals surface area contributed by atoms with Gasteiger partial charge in [-0.25, -0.2) is 4.79 Å². The molecule has 0 radical (unpaired) electrons. The topological polar surface area (TPSA) is 84.9 Å². The second-order valence-electron chi connectivity index (χ2n) is 5.05. The number of nitrogens with one attached hydrogen (secondary N) is 1. The number of anilines is 1. The standard InChI is InChI=1S/C17H14F3NO5/c18-17(19,20)26-14-7-5-13(6-8-14)21-15(23)10-25-16(24)12-3-1-11(9-22)2-4-12/h1-8,22H,9-10H2,(H,21,23). The van der Waals surface area contributed by atoms with Gasteiger partial charge in [-0.3, -0.25) is 4.79 Å². The molecule has 0 aliphatic rings. The minimum atomic E-state index is -4.80. The third kappa shape index (κ3) is 6.10. The largest absolute Gasteiger partial charge is 0.573 e. The van der Waals surface area contributed by atoms with E-state index >= 15 is 0 Å². The molecule has 0 fully saturated rings. The summed E-state index contributed by atoms with van der Waals surface area (Å²) in [6.07, 6.45) is -4.80. The number of esters is 1. The molecule has 0 aliphatic heterocycles. The number of hydrogen-bond donors (Lipinski definition) is 2. The van der Waals surface area contributed by atoms with Crippen LogP contribution >= 0.6 is 0 Å². The maximum atomic E-state index is 12.1. The minimum absolute atomic E-state index is 0.162. The van der Waals surface area contributed by atoms with Crippen LogP contribution in [0.4, 0.5) is 18.9 Å². The van der Waals surface area contributed by atoms with Gasteiger partial charge < -0.3 is 19.9 Å². The van der Waals surface area contributed by atoms with Crippen LogP contribution in [0.25, 0.3) is 0 Å². The van der Waals surface area contributed by atoms with E-state index < -0.39 is 30.6 Å². The summed E-state index contributed by atoms with van der Waals surface area (Å²) in [6, 6.07) is 10.5. The Hall–Kier alpha value is -3.07. The van der Waals surface area contributed by atoms with Crippen LogP contribution in [0.3, 0.4) is 0 Å². The minimum Gasteiger partial charge on any atom is -0.452 e. The molecule has 138 valence electrons. The smallest absolute Gasteiger partial charge is 0.452 e. The fourth-order valence-corrected chi connectivity index (χ4v) is 1.90. The predicted octanol–water partition coefficient (Wildman–Crippen LogP) is 2.87. The molecule has 0 aliphatic carbocycles. The van der Waals surface area contributed by atoms with E-state index in [0.29, 0.717) is 5.56 Å². The Bertz CT molecular complexity index is 757. The van der Waals surface area contributed by atoms with Crippen LogP contribution in [0.5, 0.6) is 5.75 Å². The lowest BCUT2D eigenvalue weighted by Crippen LogP contribution is -2.21. The average molecular weight is 369 g/mol. The summed E-state index contributed by atoms with van der Waals surface area (Å²) in [6.45, 7) is -0.730. The highest BCUT2D eigenvalue weighted by Gasteiger charge is 2.30. The molecule has 6 nitrogen and oxygen atoms in total. The van der Waals surface area contributed by atoms with Gasteiger partial charge in [0.1, 0.15) is 5.75 Å². The molecule has 0 heterocycles. The van der Waals surface area contributed by atoms with E-state index in [0.717, 1.165) is 12.1 Å². The molecule has 2 aromatic rings. The van der Waals surface area contributed by atoms with Crippen LogP contribution < -0.4 is 10.1 Å². The lowest BCUT2D eigenvalue weighted by atomic mass is 10.1. The first-order chi connectivity index (χ1) is 12.3. The lowest BCUT2D eigenvalue weighted by Gasteiger charge is -2.10. The number of benzene rings is 2. The molecule has 9 heteroatoms. The van der Waals surface area contributed by atoms with E-state index in [2.05, 4.69) is 10.1 Å². The summed E-state index contributed by atoms with van der Waals surface area (Å²) in [5, 5.41) is 11.3. The van der Waals surface area contributed by atoms with E-state index in [9.17, 15) is 22.8 Å². The van der Waals surface area contributed by atoms with Crippen LogP contribution in [-0.2, 0) is 16.1 Å². The molecule has 2 rings (SSSR count). The molecule has 0 saturated carbocycles. The third-order valence-corrected chi connectivity index (χ3v) is 3.08. The van der Waals surface area contributed by atoms with Gasteiger partial charge in [-0.1, -0.05) is 12.1 Å². The van der Waals surface area contributed by atoms with Crippen LogP contribution in [0.15, 0.2) is 48.5 Å². The Balaban J connectivity index is 1.83. The fraction of sp³-hybridized carbons (Fsp3) is 0.176. The summed E-state index contributed by atoms with van der Waals surface area (Å²) in [4.78, 5) is 23.5. The van der Waals surface area contributed by atoms with Crippen LogP contribution in [0, 0.1) is 0 Å². The summed E-state index contributed by atoms with van der Waals surface area (Å²) in [7, 11) is 0. The number of aliphatic hydroxyl groups excluding tert-OH is 1. The molecule has 2 aromatic carbocycles. The Labute approximate surface area is 146 Å². The Morgan fingerprint density at radius 2 is 1.62 bits per heavy atom. The highest BCUT2D eigenvalue weighted by molar-refractivity contribution is 5.95. The van der Waals surface area contributed by atoms with E-state index in [-0.39, 0.29) is 17.9 Å². The first kappa shape index (κ1) is 19.3. The summed E-state index contributed by atoms with van der Waals surface area (Å²) >= 11 is 0. The number of alkyl halides is 3. The summed E-state index contributed by atoms with van der Waals surface area (Å²) in [5.41, 5.74) is 1.05. The Morgan fingerprint density at radius 3 is 2.15 bits per heavy atom. The van der Waals surface area contributed by atoms with Gasteiger partial charge in [-0.05, 0) is 42.0 Å². The van der Waals surface area contributed by atoms with Crippen molar-refractivity contribution >= 4 is 17.6 Å². The van der Waals surface area contributed by atoms with E-state index in [4.69, 9.17) is 9.84 Å². The van der Waals surface area contributed by atoms with Crippen molar-refractivity contribution in [3.05, 3.63) is 59.7 Å². The van der Waals surface area contributed by atoms with Gasteiger partial charge in [-0.15, -0.1) is 13.2 Å². The van der Waals surface area contributed by atoms with Crippen LogP contribution in [0.1, 0.15) is 15.9 Å². The molecule has 0 atom stereocenters. The zero-order valence-electron chi connectivity index (χ0n) is 13.2. The lowest BCUT2D eigenvalue weighted by molar-refractivity contribution is -0.274. The average Bonchev–Trinajstić information content (AvgIpc) is 2.60. The first-order valence-electron chi connectivity index (χ1n) is 7.29. The second-order valence-corrected chi connectivity index (χ2v) is 5.05. The quantitative estimate of drug-likeness (QED) is 0.765. The maximum Gasteiger partial charge on any atom is 0.573 e. The number of carbonyl (C=O) groups is 2. The van der Waals surface area contributed by atoms with Gasteiger partial charge in [0.15, 0.2) is 6.61 Å². The number of rotatable bonds is 6. The molecule has 2 N–H and O–H groups in total. The van der Waals surface area contributed by atoms with Gasteiger partial charge in [-0.2, -0.15) is 0 Å². The second kappa shape index (κ2) is 8.34. The number of aliphatic hydroxyl groups is 1. The molecule has 0 unspecified atom stereocenters. The van der Waals surface area contributed by atoms with Gasteiger partial charge in [0.05, 0.1) is 12.2 Å². The number of amides is 1. The number of hydrogen-bond acceptors (Lipinski definition) is 5. The Morgan fingerprint density at radius 1 is 1.00 bits per heavy atom. The maximum absolute atomic E-state index is 12.1. The first-order valence-corrected chi connectivity index (χ1v) is 7.29. The van der Waals surface area contributed by atoms with Crippen molar-refractivity contribution in [1.29, 1.82) is 0 Å². The molecular formula is C17H14F3NO5. The molecule has 0 aromatic heterocycles. The van der Waals surface area contributed by atoms with Crippen molar-refractivity contribution in [1.82, 2.24) is 0 Å². The molecular weight excluding hydrogens is 355 g/mol. The van der Waals surface area contributed by atoms with Crippen molar-refractivity contribution in [3.63, 3.8) is 0 Å². The normalized spacial score (nSPS) is 10.9. The van der Waals surface area contributed by atoms with Crippen molar-refractivity contribution in [2.75, 3.05) is 11.9 Å². The monoisotopic (exact) mass is 369 g/mol. The third-order valence-electron chi connectivity index (χ3n) is 3.08. The molecule has 0 bridgehead atoms. The highest BCUT2D eigenvalue weighted by atomic mass is 19.4. The van der Waals surface area contributed by atoms with Crippen molar-refractivity contribution in [3.8, 4) is 5.75 Å². The highest BCUT2D eigenvalue weighted by Crippen LogP contribution is 2.23. The molecule has 0 spiro atoms. The van der Waals surface area contributed by atoms with Gasteiger partial charge >= 0.3 is 12.3 Å². The number of carbonyl (C=O) groups excluding carboxylic acids is 2. The van der Waals surface area contributed by atoms with Gasteiger partial charge in [0.2, 0.25) is 0 Å². The van der Waals surface area contributed by atoms with Crippen molar-refractivity contribution in [2.45, 2.75) is 13.0 Å².